The van der Waals surface area contributed by atoms with Crippen molar-refractivity contribution in [1.82, 2.24) is 14.5 Å². The molecule has 0 N–H and O–H groups in total. The Morgan fingerprint density at radius 2 is 2.23 bits per heavy atom. The summed E-state index contributed by atoms with van der Waals surface area (Å²) in [6, 6.07) is 0. The molecular weight excluding hydrogens is 162 g/mol. The van der Waals surface area contributed by atoms with Gasteiger partial charge in [0.05, 0.1) is 6.54 Å². The first kappa shape index (κ1) is 8.75. The minimum Gasteiger partial charge on any atom is -0.334 e. The summed E-state index contributed by atoms with van der Waals surface area (Å²) in [6.07, 6.45) is 1.94. The Morgan fingerprint density at radius 1 is 1.54 bits per heavy atom. The van der Waals surface area contributed by atoms with Crippen LogP contribution in [0.15, 0.2) is 6.20 Å². The second-order valence-corrected chi connectivity index (χ2v) is 4.17. The van der Waals surface area contributed by atoms with Crippen LogP contribution in [0.1, 0.15) is 18.4 Å². The lowest BCUT2D eigenvalue weighted by Crippen LogP contribution is -2.44. The molecule has 0 amide bonds. The van der Waals surface area contributed by atoms with E-state index in [0.29, 0.717) is 0 Å². The number of hydrogen-bond acceptors (Lipinski definition) is 2. The fraction of sp³-hybridized carbons (Fsp3) is 0.700. The summed E-state index contributed by atoms with van der Waals surface area (Å²) in [5, 5.41) is 0. The molecule has 0 bridgehead atoms. The second-order valence-electron chi connectivity index (χ2n) is 4.17. The zero-order valence-electron chi connectivity index (χ0n) is 8.62. The maximum atomic E-state index is 4.38. The Kier molecular flexibility index (Phi) is 2.12. The molecule has 3 heteroatoms. The molecule has 0 spiro atoms. The average molecular weight is 179 g/mol. The molecule has 0 aromatic carbocycles. The molecule has 0 radical (unpaired) electrons. The average Bonchev–Trinajstić information content (AvgIpc) is 2.33. The summed E-state index contributed by atoms with van der Waals surface area (Å²) in [6.45, 7) is 7.85. The summed E-state index contributed by atoms with van der Waals surface area (Å²) in [5.41, 5.74) is 1.24. The highest BCUT2D eigenvalue weighted by Crippen LogP contribution is 2.17. The van der Waals surface area contributed by atoms with Crippen molar-refractivity contribution in [1.29, 1.82) is 0 Å². The van der Waals surface area contributed by atoms with Crippen LogP contribution in [0.3, 0.4) is 0 Å². The monoisotopic (exact) mass is 179 g/mol. The Bertz CT molecular complexity index is 297. The summed E-state index contributed by atoms with van der Waals surface area (Å²) in [7, 11) is 2.08. The second kappa shape index (κ2) is 3.14. The molecule has 1 aromatic rings. The van der Waals surface area contributed by atoms with Gasteiger partial charge in [0.1, 0.15) is 5.82 Å². The molecule has 1 saturated heterocycles. The van der Waals surface area contributed by atoms with E-state index in [1.165, 1.54) is 24.6 Å². The van der Waals surface area contributed by atoms with Gasteiger partial charge in [-0.1, -0.05) is 6.92 Å². The van der Waals surface area contributed by atoms with Crippen LogP contribution in [0.5, 0.6) is 0 Å². The van der Waals surface area contributed by atoms with Crippen molar-refractivity contribution >= 4 is 0 Å². The van der Waals surface area contributed by atoms with Crippen LogP contribution in [0.4, 0.5) is 0 Å². The maximum Gasteiger partial charge on any atom is 0.122 e. The smallest absolute Gasteiger partial charge is 0.122 e. The van der Waals surface area contributed by atoms with Gasteiger partial charge in [0.2, 0.25) is 0 Å². The fourth-order valence-electron chi connectivity index (χ4n) is 1.85. The van der Waals surface area contributed by atoms with Crippen molar-refractivity contribution in [3.63, 3.8) is 0 Å². The van der Waals surface area contributed by atoms with Gasteiger partial charge >= 0.3 is 0 Å². The standard InChI is InChI=1S/C10H17N3/c1-8-5-13(6-8)7-10-11-4-9(2)12(10)3/h4,8H,5-7H2,1-3H3. The number of aromatic nitrogens is 2. The lowest BCUT2D eigenvalue weighted by Gasteiger charge is -2.36. The van der Waals surface area contributed by atoms with Crippen LogP contribution in [-0.2, 0) is 13.6 Å². The topological polar surface area (TPSA) is 21.1 Å². The number of likely N-dealkylation sites (tertiary alicyclic amines) is 1. The van der Waals surface area contributed by atoms with E-state index < -0.39 is 0 Å². The fourth-order valence-corrected chi connectivity index (χ4v) is 1.85. The third kappa shape index (κ3) is 1.61. The van der Waals surface area contributed by atoms with E-state index in [-0.39, 0.29) is 0 Å². The molecule has 13 heavy (non-hydrogen) atoms. The molecule has 72 valence electrons. The third-order valence-corrected chi connectivity index (χ3v) is 2.82. The van der Waals surface area contributed by atoms with Gasteiger partial charge in [0.15, 0.2) is 0 Å². The molecule has 2 rings (SSSR count). The van der Waals surface area contributed by atoms with Gasteiger partial charge in [-0.2, -0.15) is 0 Å². The van der Waals surface area contributed by atoms with Crippen molar-refractivity contribution in [2.45, 2.75) is 20.4 Å². The Hall–Kier alpha value is -0.830. The summed E-state index contributed by atoms with van der Waals surface area (Å²) in [5.74, 6) is 2.06. The van der Waals surface area contributed by atoms with Crippen molar-refractivity contribution in [3.05, 3.63) is 17.7 Å². The molecular formula is C10H17N3. The van der Waals surface area contributed by atoms with Crippen molar-refractivity contribution < 1.29 is 0 Å². The Labute approximate surface area is 79.4 Å². The lowest BCUT2D eigenvalue weighted by molar-refractivity contribution is 0.100. The van der Waals surface area contributed by atoms with Crippen LogP contribution in [-0.4, -0.2) is 27.5 Å². The van der Waals surface area contributed by atoms with Crippen LogP contribution in [0.25, 0.3) is 0 Å². The van der Waals surface area contributed by atoms with Crippen LogP contribution in [0, 0.1) is 12.8 Å². The van der Waals surface area contributed by atoms with E-state index in [0.717, 1.165) is 12.5 Å². The molecule has 0 aliphatic carbocycles. The van der Waals surface area contributed by atoms with E-state index in [2.05, 4.69) is 35.3 Å². The quantitative estimate of drug-likeness (QED) is 0.679. The molecule has 2 heterocycles. The van der Waals surface area contributed by atoms with E-state index in [1.54, 1.807) is 0 Å². The van der Waals surface area contributed by atoms with Crippen LogP contribution < -0.4 is 0 Å². The SMILES string of the molecule is Cc1cnc(CN2CC(C)C2)n1C. The highest BCUT2D eigenvalue weighted by molar-refractivity contribution is 5.02. The van der Waals surface area contributed by atoms with Gasteiger partial charge in [-0.3, -0.25) is 4.90 Å². The van der Waals surface area contributed by atoms with E-state index in [4.69, 9.17) is 0 Å². The van der Waals surface area contributed by atoms with E-state index in [1.807, 2.05) is 6.20 Å². The van der Waals surface area contributed by atoms with Gasteiger partial charge in [-0.25, -0.2) is 4.98 Å². The minimum absolute atomic E-state index is 0.876. The molecule has 1 aliphatic rings. The van der Waals surface area contributed by atoms with Crippen LogP contribution >= 0.6 is 0 Å². The first-order chi connectivity index (χ1) is 6.16. The zero-order chi connectivity index (χ0) is 9.42. The lowest BCUT2D eigenvalue weighted by atomic mass is 10.0. The number of aryl methyl sites for hydroxylation is 1. The number of nitrogens with zero attached hydrogens (tertiary/aromatic N) is 3. The van der Waals surface area contributed by atoms with Crippen molar-refractivity contribution in [2.24, 2.45) is 13.0 Å². The Balaban J connectivity index is 1.98. The molecule has 0 unspecified atom stereocenters. The van der Waals surface area contributed by atoms with E-state index in [9.17, 15) is 0 Å². The van der Waals surface area contributed by atoms with Crippen LogP contribution in [0.2, 0.25) is 0 Å². The first-order valence-electron chi connectivity index (χ1n) is 4.86. The maximum absolute atomic E-state index is 4.38. The number of rotatable bonds is 2. The normalized spacial score (nSPS) is 19.0. The minimum atomic E-state index is 0.876. The van der Waals surface area contributed by atoms with Gasteiger partial charge in [-0.15, -0.1) is 0 Å². The van der Waals surface area contributed by atoms with Gasteiger partial charge < -0.3 is 4.57 Å². The third-order valence-electron chi connectivity index (χ3n) is 2.82. The van der Waals surface area contributed by atoms with Gasteiger partial charge in [0, 0.05) is 32.0 Å². The summed E-state index contributed by atoms with van der Waals surface area (Å²) in [4.78, 5) is 6.82. The zero-order valence-corrected chi connectivity index (χ0v) is 8.62. The van der Waals surface area contributed by atoms with Gasteiger partial charge in [0.25, 0.3) is 0 Å². The Morgan fingerprint density at radius 3 is 2.69 bits per heavy atom. The first-order valence-corrected chi connectivity index (χ1v) is 4.86. The largest absolute Gasteiger partial charge is 0.334 e. The highest BCUT2D eigenvalue weighted by Gasteiger charge is 2.23. The molecule has 0 atom stereocenters. The molecule has 1 aliphatic heterocycles. The number of hydrogen-bond donors (Lipinski definition) is 0. The molecule has 1 fully saturated rings. The number of imidazole rings is 1. The van der Waals surface area contributed by atoms with Crippen molar-refractivity contribution in [2.75, 3.05) is 13.1 Å². The predicted molar refractivity (Wildman–Crippen MR) is 52.4 cm³/mol. The molecule has 0 saturated carbocycles. The highest BCUT2D eigenvalue weighted by atomic mass is 15.2. The summed E-state index contributed by atoms with van der Waals surface area (Å²) >= 11 is 0. The molecule has 3 nitrogen and oxygen atoms in total. The van der Waals surface area contributed by atoms with Gasteiger partial charge in [-0.05, 0) is 12.8 Å². The summed E-state index contributed by atoms with van der Waals surface area (Å²) < 4.78 is 2.17. The molecule has 1 aromatic heterocycles. The van der Waals surface area contributed by atoms with Crippen molar-refractivity contribution in [3.8, 4) is 0 Å². The van der Waals surface area contributed by atoms with E-state index >= 15 is 0 Å². The predicted octanol–water partition coefficient (Wildman–Crippen LogP) is 1.18.